The van der Waals surface area contributed by atoms with Crippen LogP contribution < -0.4 is 0 Å². The van der Waals surface area contributed by atoms with Gasteiger partial charge in [-0.15, -0.1) is 5.73 Å². The number of hydrogen-bond donors (Lipinski definition) is 3. The van der Waals surface area contributed by atoms with Crippen molar-refractivity contribution in [1.29, 1.82) is 0 Å². The van der Waals surface area contributed by atoms with Crippen LogP contribution in [0, 0.1) is 0 Å². The van der Waals surface area contributed by atoms with Crippen LogP contribution in [-0.2, 0) is 0 Å². The Bertz CT molecular complexity index is 651. The van der Waals surface area contributed by atoms with Gasteiger partial charge in [0.2, 0.25) is 0 Å². The molecule has 2 rings (SSSR count). The maximum Gasteiger partial charge on any atom is 0.132 e. The Morgan fingerprint density at radius 1 is 1.18 bits per heavy atom. The van der Waals surface area contributed by atoms with Crippen molar-refractivity contribution < 1.29 is 19.7 Å². The zero-order valence-electron chi connectivity index (χ0n) is 12.4. The lowest BCUT2D eigenvalue weighted by molar-refractivity contribution is 0.150. The molecule has 1 heterocycles. The van der Waals surface area contributed by atoms with Crippen molar-refractivity contribution in [2.24, 2.45) is 0 Å². The topological polar surface area (TPSA) is 73.8 Å². The van der Waals surface area contributed by atoms with E-state index in [1.807, 2.05) is 6.92 Å². The van der Waals surface area contributed by atoms with Crippen LogP contribution in [0.2, 0.25) is 0 Å². The van der Waals surface area contributed by atoms with Crippen LogP contribution in [0.1, 0.15) is 43.3 Å². The molecule has 4 nitrogen and oxygen atoms in total. The number of aliphatic hydroxyl groups is 2. The van der Waals surface area contributed by atoms with Gasteiger partial charge in [-0.3, -0.25) is 0 Å². The number of benzene rings is 1. The van der Waals surface area contributed by atoms with Gasteiger partial charge in [-0.05, 0) is 36.8 Å². The van der Waals surface area contributed by atoms with Crippen molar-refractivity contribution in [3.63, 3.8) is 0 Å². The fourth-order valence-electron chi connectivity index (χ4n) is 2.17. The number of para-hydroxylation sites is 1. The zero-order chi connectivity index (χ0) is 15.9. The summed E-state index contributed by atoms with van der Waals surface area (Å²) in [6.07, 6.45) is 2.51. The maximum atomic E-state index is 10.0. The second-order valence-electron chi connectivity index (χ2n) is 5.17. The molecule has 0 amide bonds. The van der Waals surface area contributed by atoms with E-state index < -0.39 is 12.2 Å². The van der Waals surface area contributed by atoms with Gasteiger partial charge in [0, 0.05) is 18.4 Å². The van der Waals surface area contributed by atoms with Gasteiger partial charge in [-0.1, -0.05) is 18.2 Å². The minimum Gasteiger partial charge on any atom is -0.508 e. The molecular weight excluding hydrogens is 280 g/mol. The van der Waals surface area contributed by atoms with Crippen molar-refractivity contribution in [2.75, 3.05) is 0 Å². The minimum atomic E-state index is -0.781. The first-order valence-corrected chi connectivity index (χ1v) is 7.16. The molecule has 2 atom stereocenters. The van der Waals surface area contributed by atoms with Gasteiger partial charge in [0.05, 0.1) is 12.4 Å². The number of phenols is 1. The summed E-state index contributed by atoms with van der Waals surface area (Å²) in [7, 11) is 0. The van der Waals surface area contributed by atoms with E-state index in [0.717, 1.165) is 5.57 Å². The number of furan rings is 1. The molecule has 0 aliphatic heterocycles. The van der Waals surface area contributed by atoms with Crippen molar-refractivity contribution in [1.82, 2.24) is 0 Å². The number of aliphatic hydroxyl groups excluding tert-OH is 2. The predicted molar refractivity (Wildman–Crippen MR) is 83.2 cm³/mol. The van der Waals surface area contributed by atoms with Crippen molar-refractivity contribution in [2.45, 2.75) is 32.0 Å². The average Bonchev–Trinajstić information content (AvgIpc) is 3.01. The van der Waals surface area contributed by atoms with E-state index in [4.69, 9.17) is 4.42 Å². The Balaban J connectivity index is 1.94. The first-order chi connectivity index (χ1) is 10.6. The molecule has 0 bridgehead atoms. The maximum absolute atomic E-state index is 10.0. The third-order valence-electron chi connectivity index (χ3n) is 3.36. The molecule has 0 saturated heterocycles. The predicted octanol–water partition coefficient (Wildman–Crippen LogP) is 3.63. The van der Waals surface area contributed by atoms with E-state index in [0.29, 0.717) is 24.2 Å². The Morgan fingerprint density at radius 2 is 1.95 bits per heavy atom. The van der Waals surface area contributed by atoms with Crippen LogP contribution in [0.15, 0.2) is 64.5 Å². The van der Waals surface area contributed by atoms with Gasteiger partial charge >= 0.3 is 0 Å². The SMILES string of the molecule is CC(=C=CC[C@@H](O)c1ccccc1O)C[C@@H](O)c1ccco1. The van der Waals surface area contributed by atoms with Crippen molar-refractivity contribution >= 4 is 0 Å². The summed E-state index contributed by atoms with van der Waals surface area (Å²) in [6, 6.07) is 10.2. The molecule has 1 aromatic heterocycles. The third-order valence-corrected chi connectivity index (χ3v) is 3.36. The molecule has 0 aliphatic rings. The Morgan fingerprint density at radius 3 is 2.64 bits per heavy atom. The molecule has 116 valence electrons. The Kier molecular flexibility index (Phi) is 5.61. The molecule has 2 aromatic rings. The zero-order valence-corrected chi connectivity index (χ0v) is 12.4. The van der Waals surface area contributed by atoms with E-state index in [9.17, 15) is 15.3 Å². The summed E-state index contributed by atoms with van der Waals surface area (Å²) in [4.78, 5) is 0. The van der Waals surface area contributed by atoms with Crippen molar-refractivity contribution in [3.05, 3.63) is 71.4 Å². The van der Waals surface area contributed by atoms with Gasteiger partial charge in [0.25, 0.3) is 0 Å². The second-order valence-corrected chi connectivity index (χ2v) is 5.17. The fraction of sp³-hybridized carbons (Fsp3) is 0.278. The lowest BCUT2D eigenvalue weighted by atomic mass is 10.0. The monoisotopic (exact) mass is 300 g/mol. The quantitative estimate of drug-likeness (QED) is 0.712. The van der Waals surface area contributed by atoms with E-state index in [1.54, 1.807) is 42.5 Å². The molecule has 0 saturated carbocycles. The largest absolute Gasteiger partial charge is 0.508 e. The second kappa shape index (κ2) is 7.66. The highest BCUT2D eigenvalue weighted by Gasteiger charge is 2.11. The summed E-state index contributed by atoms with van der Waals surface area (Å²) in [5, 5.41) is 29.7. The molecule has 0 spiro atoms. The molecule has 0 radical (unpaired) electrons. The van der Waals surface area contributed by atoms with Crippen LogP contribution >= 0.6 is 0 Å². The lowest BCUT2D eigenvalue weighted by Gasteiger charge is -2.09. The summed E-state index contributed by atoms with van der Waals surface area (Å²) < 4.78 is 5.14. The first-order valence-electron chi connectivity index (χ1n) is 7.16. The van der Waals surface area contributed by atoms with Crippen LogP contribution in [0.3, 0.4) is 0 Å². The number of rotatable bonds is 6. The summed E-state index contributed by atoms with van der Waals surface area (Å²) in [5.41, 5.74) is 4.39. The summed E-state index contributed by atoms with van der Waals surface area (Å²) in [5.74, 6) is 0.604. The van der Waals surface area contributed by atoms with Gasteiger partial charge in [-0.25, -0.2) is 0 Å². The molecular formula is C18H20O4. The van der Waals surface area contributed by atoms with E-state index >= 15 is 0 Å². The molecule has 4 heteroatoms. The minimum absolute atomic E-state index is 0.0809. The number of hydrogen-bond acceptors (Lipinski definition) is 4. The molecule has 0 aliphatic carbocycles. The normalized spacial score (nSPS) is 13.2. The smallest absolute Gasteiger partial charge is 0.132 e. The molecule has 3 N–H and O–H groups in total. The Hall–Kier alpha value is -2.26. The summed E-state index contributed by atoms with van der Waals surface area (Å²) >= 11 is 0. The average molecular weight is 300 g/mol. The van der Waals surface area contributed by atoms with E-state index in [1.165, 1.54) is 6.26 Å². The summed E-state index contributed by atoms with van der Waals surface area (Å²) in [6.45, 7) is 1.86. The number of aromatic hydroxyl groups is 1. The molecule has 22 heavy (non-hydrogen) atoms. The standard InChI is InChI=1S/C18H20O4/c1-13(12-17(21)18-10-5-11-22-18)6-4-9-16(20)14-7-2-3-8-15(14)19/h2-5,7-8,10-11,16-17,19-21H,9,12H2,1H3/t6?,16-,17-/m1/s1. The van der Waals surface area contributed by atoms with Crippen molar-refractivity contribution in [3.8, 4) is 5.75 Å². The molecule has 0 fully saturated rings. The van der Waals surface area contributed by atoms with Crippen LogP contribution in [0.5, 0.6) is 5.75 Å². The van der Waals surface area contributed by atoms with Gasteiger partial charge < -0.3 is 19.7 Å². The van der Waals surface area contributed by atoms with Crippen LogP contribution in [0.25, 0.3) is 0 Å². The van der Waals surface area contributed by atoms with Gasteiger partial charge in [-0.2, -0.15) is 0 Å². The van der Waals surface area contributed by atoms with Gasteiger partial charge in [0.1, 0.15) is 17.6 Å². The van der Waals surface area contributed by atoms with Gasteiger partial charge in [0.15, 0.2) is 0 Å². The highest BCUT2D eigenvalue weighted by atomic mass is 16.4. The third kappa shape index (κ3) is 4.37. The molecule has 0 unspecified atom stereocenters. The highest BCUT2D eigenvalue weighted by molar-refractivity contribution is 5.33. The fourth-order valence-corrected chi connectivity index (χ4v) is 2.17. The van der Waals surface area contributed by atoms with E-state index in [-0.39, 0.29) is 5.75 Å². The first kappa shape index (κ1) is 16.1. The number of phenolic OH excluding ortho intramolecular Hbond substituents is 1. The lowest BCUT2D eigenvalue weighted by Crippen LogP contribution is -1.96. The highest BCUT2D eigenvalue weighted by Crippen LogP contribution is 2.26. The van der Waals surface area contributed by atoms with E-state index in [2.05, 4.69) is 5.73 Å². The molecule has 1 aromatic carbocycles. The van der Waals surface area contributed by atoms with Crippen LogP contribution in [0.4, 0.5) is 0 Å². The van der Waals surface area contributed by atoms with Crippen LogP contribution in [-0.4, -0.2) is 15.3 Å². The Labute approximate surface area is 129 Å².